The third kappa shape index (κ3) is 253. The van der Waals surface area contributed by atoms with Crippen LogP contribution in [0.2, 0.25) is 0 Å². The summed E-state index contributed by atoms with van der Waals surface area (Å²) in [7, 11) is 0. The second-order valence-corrected chi connectivity index (χ2v) is 0.224. The third-order valence-corrected chi connectivity index (χ3v) is 0. The summed E-state index contributed by atoms with van der Waals surface area (Å²) in [6.45, 7) is 0. The fraction of sp³-hybridized carbons (Fsp3) is 0. The summed E-state index contributed by atoms with van der Waals surface area (Å²) in [6, 6.07) is 0. The second-order valence-electron chi connectivity index (χ2n) is 0.224. The van der Waals surface area contributed by atoms with Crippen molar-refractivity contribution in [3.63, 3.8) is 0 Å². The molecule has 0 saturated heterocycles. The average molecular weight is 147 g/mol. The first-order valence-corrected chi connectivity index (χ1v) is 0.548. The van der Waals surface area contributed by atoms with Crippen molar-refractivity contribution in [3.05, 3.63) is 15.3 Å². The van der Waals surface area contributed by atoms with Gasteiger partial charge in [-0.05, 0) is 0 Å². The van der Waals surface area contributed by atoms with Gasteiger partial charge in [-0.3, -0.25) is 0 Å². The van der Waals surface area contributed by atoms with Gasteiger partial charge >= 0.3 is 23.1 Å². The summed E-state index contributed by atoms with van der Waals surface area (Å²) in [5.41, 5.74) is 0. The third-order valence-electron chi connectivity index (χ3n) is 0. The Balaban J connectivity index is -0.00000000750. The maximum absolute atomic E-state index is 8.25. The Kier molecular flexibility index (Phi) is 24.3. The molecule has 0 aromatic carbocycles. The van der Waals surface area contributed by atoms with Crippen LogP contribution in [0.15, 0.2) is 0 Å². The van der Waals surface area contributed by atoms with Gasteiger partial charge in [-0.15, -0.1) is 0 Å². The molecule has 0 amide bonds. The zero-order chi connectivity index (χ0) is 3.58. The number of hydrogen-bond acceptors (Lipinski definition) is 3. The van der Waals surface area contributed by atoms with Crippen LogP contribution in [0.5, 0.6) is 0 Å². The van der Waals surface area contributed by atoms with E-state index in [2.05, 4.69) is 0 Å². The zero-order valence-electron chi connectivity index (χ0n) is 4.70. The van der Waals surface area contributed by atoms with E-state index in [4.69, 9.17) is 15.3 Å². The van der Waals surface area contributed by atoms with Crippen LogP contribution in [0.1, 0.15) is 2.85 Å². The van der Waals surface area contributed by atoms with Gasteiger partial charge in [0, 0.05) is 16.5 Å². The van der Waals surface area contributed by atoms with E-state index in [1.54, 1.807) is 0 Å². The first-order chi connectivity index (χ1) is 1.73. The summed E-state index contributed by atoms with van der Waals surface area (Å²) >= 11 is 0. The molecular weight excluding hydrogens is 145 g/mol. The molecule has 0 saturated carbocycles. The van der Waals surface area contributed by atoms with Gasteiger partial charge in [0.1, 0.15) is 0 Å². The molecule has 0 unspecified atom stereocenters. The minimum atomic E-state index is -1.75. The first-order valence-electron chi connectivity index (χ1n) is 0.548. The van der Waals surface area contributed by atoms with E-state index in [9.17, 15) is 0 Å². The van der Waals surface area contributed by atoms with E-state index in [0.717, 1.165) is 0 Å². The van der Waals surface area contributed by atoms with Gasteiger partial charge in [0.05, 0.1) is 5.09 Å². The number of nitrogens with zero attached hydrogens (tertiary/aromatic N) is 1. The Hall–Kier alpha value is 0.460. The molecule has 6 heavy (non-hydrogen) atoms. The molecule has 0 spiro atoms. The number of hydrogen-bond donors (Lipinski definition) is 0. The quantitative estimate of drug-likeness (QED) is 0.266. The van der Waals surface area contributed by atoms with Crippen molar-refractivity contribution in [1.29, 1.82) is 0 Å². The molecule has 0 N–H and O–H groups in total. The fourth-order valence-electron chi connectivity index (χ4n) is 0. The van der Waals surface area contributed by atoms with Crippen molar-refractivity contribution in [2.24, 2.45) is 0 Å². The zero-order valence-corrected chi connectivity index (χ0v) is 5.10. The molecular formula is H2MgNNiO3-. The van der Waals surface area contributed by atoms with Gasteiger partial charge in [0.25, 0.3) is 0 Å². The first kappa shape index (κ1) is 16.1. The SMILES string of the molecule is O=[N+]([O-])[O-].[H-].[H-].[Mg+2].[Ni]. The van der Waals surface area contributed by atoms with Crippen LogP contribution in [-0.2, 0) is 16.5 Å². The molecule has 0 bridgehead atoms. The molecule has 4 nitrogen and oxygen atoms in total. The smallest absolute Gasteiger partial charge is 1.00 e. The number of rotatable bonds is 0. The second kappa shape index (κ2) is 9.07. The normalized spacial score (nSPS) is 4.00. The Morgan fingerprint density at radius 3 is 1.50 bits per heavy atom. The van der Waals surface area contributed by atoms with E-state index in [1.165, 1.54) is 0 Å². The van der Waals surface area contributed by atoms with E-state index in [-0.39, 0.29) is 42.4 Å². The van der Waals surface area contributed by atoms with Crippen LogP contribution in [-0.4, -0.2) is 28.1 Å². The molecule has 0 heterocycles. The van der Waals surface area contributed by atoms with Gasteiger partial charge in [-0.1, -0.05) is 0 Å². The van der Waals surface area contributed by atoms with Crippen molar-refractivity contribution in [1.82, 2.24) is 0 Å². The van der Waals surface area contributed by atoms with Crippen LogP contribution in [0.4, 0.5) is 0 Å². The van der Waals surface area contributed by atoms with Crippen molar-refractivity contribution in [2.75, 3.05) is 0 Å². The summed E-state index contributed by atoms with van der Waals surface area (Å²) in [5, 5.41) is 14.8. The molecule has 6 heteroatoms. The molecule has 0 aliphatic rings. The van der Waals surface area contributed by atoms with Gasteiger partial charge in [0.2, 0.25) is 0 Å². The van der Waals surface area contributed by atoms with E-state index >= 15 is 0 Å². The minimum Gasteiger partial charge on any atom is -1.00 e. The van der Waals surface area contributed by atoms with Crippen LogP contribution >= 0.6 is 0 Å². The summed E-state index contributed by atoms with van der Waals surface area (Å²) < 4.78 is 0. The van der Waals surface area contributed by atoms with E-state index < -0.39 is 5.09 Å². The van der Waals surface area contributed by atoms with Gasteiger partial charge < -0.3 is 18.2 Å². The maximum atomic E-state index is 8.25. The molecule has 0 aromatic rings. The van der Waals surface area contributed by atoms with Crippen molar-refractivity contribution in [3.8, 4) is 0 Å². The molecule has 0 radical (unpaired) electrons. The molecule has 0 fully saturated rings. The van der Waals surface area contributed by atoms with Crippen molar-refractivity contribution >= 4 is 23.1 Å². The van der Waals surface area contributed by atoms with Crippen LogP contribution in [0.3, 0.4) is 0 Å². The predicted octanol–water partition coefficient (Wildman–Crippen LogP) is -0.397. The van der Waals surface area contributed by atoms with Crippen molar-refractivity contribution in [2.45, 2.75) is 0 Å². The van der Waals surface area contributed by atoms with Gasteiger partial charge in [0.15, 0.2) is 0 Å². The summed E-state index contributed by atoms with van der Waals surface area (Å²) in [5.74, 6) is 0. The Morgan fingerprint density at radius 1 is 1.50 bits per heavy atom. The molecule has 0 aromatic heterocycles. The maximum Gasteiger partial charge on any atom is 2.00 e. The fourth-order valence-corrected chi connectivity index (χ4v) is 0. The molecule has 38 valence electrons. The molecule has 0 rings (SSSR count). The standard InChI is InChI=1S/Mg.NO3.Ni.2H/c;2-1(3)4;;;/q+2;-1;;2*-1. The minimum absolute atomic E-state index is 0. The average Bonchev–Trinajstić information content (AvgIpc) is 0.811. The molecule has 0 aliphatic carbocycles. The Bertz CT molecular complexity index is 40.3. The van der Waals surface area contributed by atoms with E-state index in [1.807, 2.05) is 0 Å². The van der Waals surface area contributed by atoms with Crippen LogP contribution in [0.25, 0.3) is 0 Å². The largest absolute Gasteiger partial charge is 2.00 e. The van der Waals surface area contributed by atoms with Gasteiger partial charge in [-0.2, -0.15) is 0 Å². The van der Waals surface area contributed by atoms with E-state index in [0.29, 0.717) is 0 Å². The Labute approximate surface area is 63.1 Å². The van der Waals surface area contributed by atoms with Crippen molar-refractivity contribution < 1.29 is 24.4 Å². The monoisotopic (exact) mass is 146 g/mol. The Morgan fingerprint density at radius 2 is 1.50 bits per heavy atom. The molecule has 0 atom stereocenters. The summed E-state index contributed by atoms with van der Waals surface area (Å²) in [4.78, 5) is 8.25. The predicted molar refractivity (Wildman–Crippen MR) is 18.3 cm³/mol. The topological polar surface area (TPSA) is 66.2 Å². The summed E-state index contributed by atoms with van der Waals surface area (Å²) in [6.07, 6.45) is 0. The molecule has 0 aliphatic heterocycles. The van der Waals surface area contributed by atoms with Gasteiger partial charge in [-0.25, -0.2) is 0 Å². The van der Waals surface area contributed by atoms with Crippen LogP contribution in [0, 0.1) is 15.3 Å². The van der Waals surface area contributed by atoms with Crippen LogP contribution < -0.4 is 0 Å².